The molecule has 0 aromatic heterocycles. The van der Waals surface area contributed by atoms with Gasteiger partial charge in [-0.25, -0.2) is 28.8 Å². The molecule has 3 saturated heterocycles. The maximum Gasteiger partial charge on any atom is 0.408 e. The van der Waals surface area contributed by atoms with Crippen molar-refractivity contribution in [2.24, 2.45) is 0 Å². The van der Waals surface area contributed by atoms with E-state index >= 15 is 0 Å². The first-order valence-electron chi connectivity index (χ1n) is 29.8. The number of hydrogen-bond acceptors (Lipinski definition) is 26. The van der Waals surface area contributed by atoms with Crippen molar-refractivity contribution < 1.29 is 126 Å². The van der Waals surface area contributed by atoms with Crippen molar-refractivity contribution in [3.8, 4) is 12.3 Å². The number of aliphatic hydroxyl groups excluding tert-OH is 6. The minimum atomic E-state index is -2.12. The molecule has 0 aromatic carbocycles. The van der Waals surface area contributed by atoms with Crippen LogP contribution < -0.4 is 37.2 Å². The van der Waals surface area contributed by atoms with Crippen LogP contribution in [0.2, 0.25) is 0 Å². The molecule has 7 amide bonds. The Morgan fingerprint density at radius 2 is 0.747 bits per heavy atom. The monoisotopic (exact) mass is 1310 g/mol. The maximum atomic E-state index is 14.0. The second-order valence-electron chi connectivity index (χ2n) is 28.2. The lowest BCUT2D eigenvalue weighted by Gasteiger charge is -2.49. The Labute approximate surface area is 530 Å². The highest BCUT2D eigenvalue weighted by atomic mass is 16.8. The number of hydrogen-bond donors (Lipinski definition) is 13. The molecule has 3 heterocycles. The van der Waals surface area contributed by atoms with E-state index in [1.165, 1.54) is 0 Å². The Morgan fingerprint density at radius 1 is 0.407 bits per heavy atom. The van der Waals surface area contributed by atoms with Crippen molar-refractivity contribution in [1.29, 1.82) is 0 Å². The number of terminal acetylenes is 1. The van der Waals surface area contributed by atoms with E-state index in [9.17, 15) is 64.2 Å². The van der Waals surface area contributed by atoms with Crippen LogP contribution in [0.1, 0.15) is 131 Å². The molecule has 33 nitrogen and oxygen atoms in total. The van der Waals surface area contributed by atoms with E-state index < -0.39 is 225 Å². The summed E-state index contributed by atoms with van der Waals surface area (Å²) in [6.45, 7) is 25.8. The SMILES string of the molecule is C#CCOCC(=O)NC[C@H]1O[C@@H](O[C@@H]2[C@@H](O)[C@H](NC(=O)OC(C)(C)C)C[C@H](NC(=O)OC(C)(C)C)[C@H]2O[C@H]2O[C@H](CNC(=O)OC(C)(C)C)[C@@H](O)[C@H](O)[C@H]2NC(=O)OC(C)(C)C)[C@H](O)[C@@H]1O[C@H]1O[C@@H](CNC(=O)OC(C)(C)C)[C@@H](O)[C@H](O)[C@H]1NC(=O)OC(C)(C)C. The number of alkyl carbamates (subject to hydrolysis) is 6. The van der Waals surface area contributed by atoms with Gasteiger partial charge in [0.2, 0.25) is 5.91 Å². The van der Waals surface area contributed by atoms with E-state index in [0.717, 1.165) is 0 Å². The Bertz CT molecular complexity index is 2480. The maximum absolute atomic E-state index is 14.0. The first-order chi connectivity index (χ1) is 41.6. The molecule has 0 bridgehead atoms. The predicted octanol–water partition coefficient (Wildman–Crippen LogP) is 0.274. The quantitative estimate of drug-likeness (QED) is 0.0469. The smallest absolute Gasteiger partial charge is 0.408 e. The number of ether oxygens (including phenoxy) is 13. The summed E-state index contributed by atoms with van der Waals surface area (Å²) in [5, 5.41) is 89.5. The van der Waals surface area contributed by atoms with Gasteiger partial charge in [0.15, 0.2) is 18.9 Å². The summed E-state index contributed by atoms with van der Waals surface area (Å²) < 4.78 is 76.5. The van der Waals surface area contributed by atoms with Crippen LogP contribution in [-0.4, -0.2) is 256 Å². The van der Waals surface area contributed by atoms with Gasteiger partial charge in [0.05, 0.1) is 12.1 Å². The molecule has 4 aliphatic rings. The molecule has 1 aliphatic carbocycles. The zero-order chi connectivity index (χ0) is 69.1. The lowest BCUT2D eigenvalue weighted by molar-refractivity contribution is -0.311. The summed E-state index contributed by atoms with van der Waals surface area (Å²) in [5.74, 6) is 1.46. The average Bonchev–Trinajstić information content (AvgIpc) is 1.74. The molecule has 91 heavy (non-hydrogen) atoms. The molecule has 0 aromatic rings. The first kappa shape index (κ1) is 77.6. The fourth-order valence-electron chi connectivity index (χ4n) is 9.44. The third-order valence-electron chi connectivity index (χ3n) is 12.9. The molecule has 522 valence electrons. The van der Waals surface area contributed by atoms with Crippen molar-refractivity contribution in [2.75, 3.05) is 32.8 Å². The largest absolute Gasteiger partial charge is 0.444 e. The highest BCUT2D eigenvalue weighted by Crippen LogP contribution is 2.37. The molecule has 13 N–H and O–H groups in total. The van der Waals surface area contributed by atoms with Gasteiger partial charge in [-0.3, -0.25) is 4.79 Å². The molecule has 0 spiro atoms. The highest BCUT2D eigenvalue weighted by molar-refractivity contribution is 5.77. The number of carbonyl (C=O) groups excluding carboxylic acids is 7. The lowest BCUT2D eigenvalue weighted by Crippen LogP contribution is -2.70. The second-order valence-corrected chi connectivity index (χ2v) is 28.2. The molecule has 3 aliphatic heterocycles. The van der Waals surface area contributed by atoms with Gasteiger partial charge < -0.3 is 129 Å². The third kappa shape index (κ3) is 25.9. The van der Waals surface area contributed by atoms with E-state index in [-0.39, 0.29) is 6.61 Å². The van der Waals surface area contributed by atoms with Crippen LogP contribution in [0.15, 0.2) is 0 Å². The van der Waals surface area contributed by atoms with Crippen molar-refractivity contribution in [3.05, 3.63) is 0 Å². The molecule has 33 heteroatoms. The van der Waals surface area contributed by atoms with Gasteiger partial charge in [0, 0.05) is 19.6 Å². The topological polar surface area (TPSA) is 445 Å². The van der Waals surface area contributed by atoms with E-state index in [2.05, 4.69) is 43.1 Å². The van der Waals surface area contributed by atoms with Gasteiger partial charge >= 0.3 is 36.6 Å². The van der Waals surface area contributed by atoms with E-state index in [0.29, 0.717) is 0 Å². The van der Waals surface area contributed by atoms with Gasteiger partial charge in [-0.15, -0.1) is 6.42 Å². The Morgan fingerprint density at radius 3 is 1.14 bits per heavy atom. The number of amides is 7. The molecular weight excluding hydrogens is 1210 g/mol. The molecule has 0 radical (unpaired) electrons. The minimum absolute atomic E-state index is 0.260. The molecule has 0 unspecified atom stereocenters. The Hall–Kier alpha value is -5.87. The van der Waals surface area contributed by atoms with Gasteiger partial charge in [0.1, 0.15) is 132 Å². The van der Waals surface area contributed by atoms with Crippen LogP contribution >= 0.6 is 0 Å². The van der Waals surface area contributed by atoms with E-state index in [1.54, 1.807) is 125 Å². The zero-order valence-corrected chi connectivity index (χ0v) is 55.1. The van der Waals surface area contributed by atoms with Gasteiger partial charge in [-0.05, 0) is 131 Å². The van der Waals surface area contributed by atoms with Crippen molar-refractivity contribution in [2.45, 2.75) is 281 Å². The van der Waals surface area contributed by atoms with Gasteiger partial charge in [-0.1, -0.05) is 5.92 Å². The molecule has 4 fully saturated rings. The fraction of sp³-hybridized carbons (Fsp3) is 0.845. The van der Waals surface area contributed by atoms with Crippen LogP contribution in [0.3, 0.4) is 0 Å². The van der Waals surface area contributed by atoms with Crippen LogP contribution in [0, 0.1) is 12.3 Å². The summed E-state index contributed by atoms with van der Waals surface area (Å²) in [5.41, 5.74) is -6.44. The van der Waals surface area contributed by atoms with E-state index in [4.69, 9.17) is 68.0 Å². The predicted molar refractivity (Wildman–Crippen MR) is 315 cm³/mol. The zero-order valence-electron chi connectivity index (χ0n) is 55.1. The number of aliphatic hydroxyl groups is 6. The summed E-state index contributed by atoms with van der Waals surface area (Å²) in [6.07, 6.45) is -29.8. The summed E-state index contributed by atoms with van der Waals surface area (Å²) in [6, 6.07) is -6.57. The van der Waals surface area contributed by atoms with Crippen LogP contribution in [0.5, 0.6) is 0 Å². The van der Waals surface area contributed by atoms with Crippen molar-refractivity contribution in [1.82, 2.24) is 37.2 Å². The molecule has 4 rings (SSSR count). The third-order valence-corrected chi connectivity index (χ3v) is 12.9. The lowest BCUT2D eigenvalue weighted by atomic mass is 9.83. The summed E-state index contributed by atoms with van der Waals surface area (Å²) in [7, 11) is 0. The fourth-order valence-corrected chi connectivity index (χ4v) is 9.44. The van der Waals surface area contributed by atoms with Crippen molar-refractivity contribution >= 4 is 42.5 Å². The Balaban J connectivity index is 1.93. The minimum Gasteiger partial charge on any atom is -0.444 e. The first-order valence-corrected chi connectivity index (χ1v) is 29.8. The standard InChI is InChI=1S/C58H99N7O26/c1-20-21-79-26-32(66)59-25-31-42(84-45-34(65-52(78)91-58(17,18)19)39(71)37(69)30(81-45)24-61-48(74)87-54(5,6)7)40(72)46(82-31)85-43-35(67)27(62-49(75)88-55(8,9)10)22-28(63-50(76)89-56(11,12)13)41(43)83-44-33(64-51(77)90-57(14,15)16)38(70)36(68)29(80-44)23-60-47(73)86-53(2,3)4/h1,27-31,33-46,67-72H,21-26H2,2-19H3,(H,59,66)(H,60,73)(H,61,74)(H,62,75)(H,63,76)(H,64,77)(H,65,78)/t27-,28+,29-,30+,31-,33-,34-,35+,36-,37-,38-,39-,40-,41-,42-,43-,44-,45-,46+/m1/s1. The molecular formula is C58H99N7O26. The second kappa shape index (κ2) is 31.8. The van der Waals surface area contributed by atoms with Crippen LogP contribution in [0.25, 0.3) is 0 Å². The Kier molecular flexibility index (Phi) is 27.1. The molecule has 19 atom stereocenters. The van der Waals surface area contributed by atoms with E-state index in [1.807, 2.05) is 0 Å². The normalized spacial score (nSPS) is 31.5. The summed E-state index contributed by atoms with van der Waals surface area (Å²) in [4.78, 5) is 93.6. The number of carbonyl (C=O) groups is 7. The molecule has 1 saturated carbocycles. The highest BCUT2D eigenvalue weighted by Gasteiger charge is 2.57. The average molecular weight is 1310 g/mol. The van der Waals surface area contributed by atoms with Crippen LogP contribution in [0.4, 0.5) is 28.8 Å². The summed E-state index contributed by atoms with van der Waals surface area (Å²) >= 11 is 0. The number of rotatable bonds is 19. The van der Waals surface area contributed by atoms with Crippen LogP contribution in [-0.2, 0) is 66.4 Å². The van der Waals surface area contributed by atoms with Gasteiger partial charge in [0.25, 0.3) is 0 Å². The van der Waals surface area contributed by atoms with Crippen molar-refractivity contribution in [3.63, 3.8) is 0 Å². The van der Waals surface area contributed by atoms with Gasteiger partial charge in [-0.2, -0.15) is 0 Å². The number of nitrogens with one attached hydrogen (secondary N) is 7.